The molecular formula is C15H16F3N3. The summed E-state index contributed by atoms with van der Waals surface area (Å²) in [5, 5.41) is 0. The molecule has 2 aliphatic rings. The van der Waals surface area contributed by atoms with Crippen LogP contribution in [0.3, 0.4) is 0 Å². The molecule has 0 radical (unpaired) electrons. The summed E-state index contributed by atoms with van der Waals surface area (Å²) in [5.74, 6) is 3.29. The van der Waals surface area contributed by atoms with Gasteiger partial charge < -0.3 is 4.90 Å². The van der Waals surface area contributed by atoms with Crippen molar-refractivity contribution >= 4 is 5.82 Å². The van der Waals surface area contributed by atoms with E-state index >= 15 is 0 Å². The van der Waals surface area contributed by atoms with Crippen LogP contribution < -0.4 is 4.90 Å². The summed E-state index contributed by atoms with van der Waals surface area (Å²) in [5.41, 5.74) is 0.706. The fraction of sp³-hybridized carbons (Fsp3) is 0.533. The Hall–Kier alpha value is -1.74. The molecule has 0 amide bonds. The van der Waals surface area contributed by atoms with E-state index in [9.17, 15) is 13.2 Å². The average molecular weight is 295 g/mol. The highest BCUT2D eigenvalue weighted by Gasteiger charge is 2.45. The van der Waals surface area contributed by atoms with E-state index in [1.165, 1.54) is 0 Å². The second kappa shape index (κ2) is 5.23. The lowest BCUT2D eigenvalue weighted by Gasteiger charge is -2.41. The van der Waals surface area contributed by atoms with Crippen LogP contribution in [0.15, 0.2) is 18.3 Å². The third-order valence-corrected chi connectivity index (χ3v) is 4.23. The van der Waals surface area contributed by atoms with Crippen molar-refractivity contribution in [3.05, 3.63) is 23.9 Å². The van der Waals surface area contributed by atoms with Crippen molar-refractivity contribution in [2.75, 3.05) is 24.5 Å². The molecule has 0 N–H and O–H groups in total. The van der Waals surface area contributed by atoms with Gasteiger partial charge in [-0.3, -0.25) is 4.90 Å². The predicted molar refractivity (Wildman–Crippen MR) is 74.0 cm³/mol. The van der Waals surface area contributed by atoms with Gasteiger partial charge in [0, 0.05) is 36.9 Å². The molecule has 2 bridgehead atoms. The molecule has 1 aromatic heterocycles. The smallest absolute Gasteiger partial charge is 0.353 e. The number of halogens is 3. The maximum absolute atomic E-state index is 12.6. The first-order chi connectivity index (χ1) is 9.96. The minimum absolute atomic E-state index is 0.0421. The van der Waals surface area contributed by atoms with Crippen LogP contribution in [0.5, 0.6) is 0 Å². The molecular weight excluding hydrogens is 279 g/mol. The summed E-state index contributed by atoms with van der Waals surface area (Å²) in [7, 11) is 0. The molecule has 21 heavy (non-hydrogen) atoms. The van der Waals surface area contributed by atoms with Crippen molar-refractivity contribution in [1.82, 2.24) is 9.88 Å². The van der Waals surface area contributed by atoms with Crippen LogP contribution in [0.4, 0.5) is 19.0 Å². The Morgan fingerprint density at radius 3 is 2.38 bits per heavy atom. The first kappa shape index (κ1) is 14.2. The van der Waals surface area contributed by atoms with E-state index in [0.717, 1.165) is 18.7 Å². The number of alkyl halides is 3. The van der Waals surface area contributed by atoms with Gasteiger partial charge in [-0.25, -0.2) is 4.98 Å². The molecule has 2 atom stereocenters. The van der Waals surface area contributed by atoms with Gasteiger partial charge in [0.2, 0.25) is 0 Å². The Balaban J connectivity index is 1.72. The molecule has 2 unspecified atom stereocenters. The number of terminal acetylenes is 1. The number of nitrogens with zero attached hydrogens (tertiary/aromatic N) is 3. The van der Waals surface area contributed by atoms with Crippen LogP contribution >= 0.6 is 0 Å². The number of hydrogen-bond donors (Lipinski definition) is 0. The van der Waals surface area contributed by atoms with Crippen molar-refractivity contribution in [2.45, 2.75) is 31.1 Å². The summed E-state index contributed by atoms with van der Waals surface area (Å²) in [6, 6.07) is 3.57. The van der Waals surface area contributed by atoms with E-state index in [1.807, 2.05) is 12.1 Å². The lowest BCUT2D eigenvalue weighted by Crippen LogP contribution is -2.56. The fourth-order valence-electron chi connectivity index (χ4n) is 3.30. The third kappa shape index (κ3) is 2.98. The summed E-state index contributed by atoms with van der Waals surface area (Å²) < 4.78 is 37.9. The van der Waals surface area contributed by atoms with E-state index in [1.54, 1.807) is 11.1 Å². The summed E-state index contributed by atoms with van der Waals surface area (Å²) in [6.45, 7) is 0.379. The fourth-order valence-corrected chi connectivity index (χ4v) is 3.30. The molecule has 0 saturated carbocycles. The summed E-state index contributed by atoms with van der Waals surface area (Å²) in [4.78, 5) is 7.98. The highest BCUT2D eigenvalue weighted by molar-refractivity contribution is 5.44. The number of rotatable bonds is 2. The minimum Gasteiger partial charge on any atom is -0.353 e. The Labute approximate surface area is 121 Å². The monoisotopic (exact) mass is 295 g/mol. The van der Waals surface area contributed by atoms with Crippen LogP contribution in [0.2, 0.25) is 0 Å². The number of aromatic nitrogens is 1. The molecule has 0 spiro atoms. The first-order valence-corrected chi connectivity index (χ1v) is 6.96. The highest BCUT2D eigenvalue weighted by atomic mass is 19.4. The Bertz CT molecular complexity index is 533. The zero-order chi connectivity index (χ0) is 15.0. The first-order valence-electron chi connectivity index (χ1n) is 6.96. The van der Waals surface area contributed by atoms with E-state index in [4.69, 9.17) is 6.42 Å². The van der Waals surface area contributed by atoms with E-state index in [0.29, 0.717) is 18.7 Å². The maximum Gasteiger partial charge on any atom is 0.401 e. The van der Waals surface area contributed by atoms with Crippen molar-refractivity contribution in [3.63, 3.8) is 0 Å². The molecule has 0 aromatic carbocycles. The number of piperazine rings is 1. The average Bonchev–Trinajstić information content (AvgIpc) is 2.68. The normalized spacial score (nSPS) is 25.9. The van der Waals surface area contributed by atoms with Gasteiger partial charge in [-0.1, -0.05) is 5.92 Å². The van der Waals surface area contributed by atoms with Crippen molar-refractivity contribution in [3.8, 4) is 12.3 Å². The molecule has 3 heterocycles. The molecule has 0 aliphatic carbocycles. The van der Waals surface area contributed by atoms with Crippen LogP contribution in [0.25, 0.3) is 0 Å². The third-order valence-electron chi connectivity index (χ3n) is 4.23. The molecule has 1 aromatic rings. The Morgan fingerprint density at radius 1 is 1.24 bits per heavy atom. The van der Waals surface area contributed by atoms with Crippen molar-refractivity contribution in [1.29, 1.82) is 0 Å². The largest absolute Gasteiger partial charge is 0.401 e. The van der Waals surface area contributed by atoms with Gasteiger partial charge in [-0.2, -0.15) is 13.2 Å². The van der Waals surface area contributed by atoms with Crippen molar-refractivity contribution in [2.24, 2.45) is 0 Å². The molecule has 3 nitrogen and oxygen atoms in total. The maximum atomic E-state index is 12.6. The zero-order valence-electron chi connectivity index (χ0n) is 11.5. The van der Waals surface area contributed by atoms with Crippen LogP contribution in [-0.4, -0.2) is 47.8 Å². The minimum atomic E-state index is -4.13. The van der Waals surface area contributed by atoms with E-state index in [2.05, 4.69) is 15.8 Å². The van der Waals surface area contributed by atoms with Gasteiger partial charge in [0.05, 0.1) is 6.54 Å². The zero-order valence-corrected chi connectivity index (χ0v) is 11.5. The van der Waals surface area contributed by atoms with Gasteiger partial charge >= 0.3 is 6.18 Å². The summed E-state index contributed by atoms with van der Waals surface area (Å²) >= 11 is 0. The van der Waals surface area contributed by atoms with Gasteiger partial charge in [-0.15, -0.1) is 6.42 Å². The standard InChI is InChI=1S/C15H16F3N3/c1-2-11-3-6-14(19-7-11)20-8-12-4-5-13(9-20)21(12)10-15(16,17)18/h1,3,6-7,12-13H,4-5,8-10H2. The SMILES string of the molecule is C#Cc1ccc(N2CC3CCC(C2)N3CC(F)(F)F)nc1. The molecule has 3 rings (SSSR count). The topological polar surface area (TPSA) is 19.4 Å². The lowest BCUT2D eigenvalue weighted by atomic mass is 10.2. The van der Waals surface area contributed by atoms with Crippen molar-refractivity contribution < 1.29 is 13.2 Å². The molecule has 112 valence electrons. The molecule has 2 fully saturated rings. The predicted octanol–water partition coefficient (Wildman–Crippen LogP) is 2.28. The number of anilines is 1. The van der Waals surface area contributed by atoms with Gasteiger partial charge in [0.1, 0.15) is 5.82 Å². The highest BCUT2D eigenvalue weighted by Crippen LogP contribution is 2.34. The molecule has 6 heteroatoms. The van der Waals surface area contributed by atoms with Crippen LogP contribution in [0.1, 0.15) is 18.4 Å². The number of pyridine rings is 1. The number of fused-ring (bicyclic) bond motifs is 2. The quantitative estimate of drug-likeness (QED) is 0.780. The lowest BCUT2D eigenvalue weighted by molar-refractivity contribution is -0.153. The molecule has 2 saturated heterocycles. The Morgan fingerprint density at radius 2 is 1.90 bits per heavy atom. The van der Waals surface area contributed by atoms with Crippen LogP contribution in [0, 0.1) is 12.3 Å². The summed E-state index contributed by atoms with van der Waals surface area (Å²) in [6.07, 6.45) is 4.43. The number of hydrogen-bond acceptors (Lipinski definition) is 3. The van der Waals surface area contributed by atoms with E-state index in [-0.39, 0.29) is 12.1 Å². The second-order valence-corrected chi connectivity index (χ2v) is 5.63. The van der Waals surface area contributed by atoms with Gasteiger partial charge in [0.25, 0.3) is 0 Å². The van der Waals surface area contributed by atoms with Gasteiger partial charge in [0.15, 0.2) is 0 Å². The Kier molecular flexibility index (Phi) is 3.54. The second-order valence-electron chi connectivity index (χ2n) is 5.63. The molecule has 2 aliphatic heterocycles. The van der Waals surface area contributed by atoms with Gasteiger partial charge in [-0.05, 0) is 25.0 Å². The van der Waals surface area contributed by atoms with E-state index < -0.39 is 12.7 Å². The van der Waals surface area contributed by atoms with Crippen LogP contribution in [-0.2, 0) is 0 Å².